The Morgan fingerprint density at radius 3 is 2.38 bits per heavy atom. The molecule has 0 aromatic heterocycles. The van der Waals surface area contributed by atoms with E-state index in [2.05, 4.69) is 0 Å². The van der Waals surface area contributed by atoms with E-state index in [1.807, 2.05) is 30.3 Å². The number of carboxylic acid groups (broad SMARTS) is 1. The van der Waals surface area contributed by atoms with Gasteiger partial charge in [-0.15, -0.1) is 0 Å². The average Bonchev–Trinajstić information content (AvgIpc) is 3.28. The fraction of sp³-hybridized carbons (Fsp3) is 0.500. The molecule has 1 aliphatic carbocycles. The second-order valence-electron chi connectivity index (χ2n) is 6.00. The van der Waals surface area contributed by atoms with Gasteiger partial charge >= 0.3 is 5.97 Å². The van der Waals surface area contributed by atoms with Crippen molar-refractivity contribution in [2.45, 2.75) is 30.8 Å². The zero-order valence-electron chi connectivity index (χ0n) is 11.7. The molecule has 0 bridgehead atoms. The minimum absolute atomic E-state index is 0.0246. The number of hydrogen-bond donors (Lipinski definition) is 2. The molecule has 2 fully saturated rings. The number of rotatable bonds is 3. The largest absolute Gasteiger partial charge is 0.481 e. The van der Waals surface area contributed by atoms with E-state index in [1.165, 1.54) is 0 Å². The van der Waals surface area contributed by atoms with Crippen LogP contribution in [0.1, 0.15) is 24.8 Å². The molecule has 1 aromatic rings. The van der Waals surface area contributed by atoms with Crippen molar-refractivity contribution in [1.82, 2.24) is 4.90 Å². The van der Waals surface area contributed by atoms with Crippen molar-refractivity contribution in [2.24, 2.45) is 5.92 Å². The van der Waals surface area contributed by atoms with Crippen LogP contribution in [-0.4, -0.2) is 46.2 Å². The van der Waals surface area contributed by atoms with Crippen LogP contribution in [0.4, 0.5) is 0 Å². The summed E-state index contributed by atoms with van der Waals surface area (Å²) in [7, 11) is 0. The van der Waals surface area contributed by atoms with Crippen molar-refractivity contribution < 1.29 is 19.8 Å². The van der Waals surface area contributed by atoms with Gasteiger partial charge in [-0.3, -0.25) is 9.59 Å². The summed E-state index contributed by atoms with van der Waals surface area (Å²) in [6, 6.07) is 9.70. The number of aliphatic hydroxyl groups is 1. The standard InChI is InChI=1S/C16H19NO4/c18-13-10-17(9-6-12(13)14(19)20)15(21)16(7-8-16)11-4-2-1-3-5-11/h1-5,12-13,18H,6-10H2,(H,19,20)/t12-,13+/m0/s1. The van der Waals surface area contributed by atoms with Gasteiger partial charge in [0.2, 0.25) is 5.91 Å². The van der Waals surface area contributed by atoms with E-state index in [0.717, 1.165) is 18.4 Å². The van der Waals surface area contributed by atoms with Crippen molar-refractivity contribution in [3.63, 3.8) is 0 Å². The number of aliphatic hydroxyl groups excluding tert-OH is 1. The molecule has 1 aliphatic heterocycles. The van der Waals surface area contributed by atoms with E-state index in [1.54, 1.807) is 4.90 Å². The molecular weight excluding hydrogens is 270 g/mol. The highest BCUT2D eigenvalue weighted by Crippen LogP contribution is 2.49. The van der Waals surface area contributed by atoms with Gasteiger partial charge in [0.25, 0.3) is 0 Å². The molecule has 1 aromatic carbocycles. The minimum Gasteiger partial charge on any atom is -0.481 e. The third kappa shape index (κ3) is 2.42. The van der Waals surface area contributed by atoms with E-state index >= 15 is 0 Å². The summed E-state index contributed by atoms with van der Waals surface area (Å²) < 4.78 is 0. The smallest absolute Gasteiger partial charge is 0.309 e. The first kappa shape index (κ1) is 14.1. The van der Waals surface area contributed by atoms with Gasteiger partial charge in [-0.05, 0) is 24.8 Å². The SMILES string of the molecule is O=C(O)[C@H]1CCN(C(=O)C2(c3ccccc3)CC2)C[C@H]1O. The van der Waals surface area contributed by atoms with Crippen molar-refractivity contribution in [2.75, 3.05) is 13.1 Å². The molecule has 0 spiro atoms. The maximum absolute atomic E-state index is 12.8. The molecule has 0 radical (unpaired) electrons. The van der Waals surface area contributed by atoms with Crippen LogP contribution in [0, 0.1) is 5.92 Å². The summed E-state index contributed by atoms with van der Waals surface area (Å²) >= 11 is 0. The van der Waals surface area contributed by atoms with Crippen LogP contribution in [0.5, 0.6) is 0 Å². The van der Waals surface area contributed by atoms with E-state index in [-0.39, 0.29) is 12.5 Å². The zero-order chi connectivity index (χ0) is 15.0. The van der Waals surface area contributed by atoms with Crippen LogP contribution >= 0.6 is 0 Å². The molecule has 1 heterocycles. The van der Waals surface area contributed by atoms with E-state index in [0.29, 0.717) is 13.0 Å². The van der Waals surface area contributed by atoms with Gasteiger partial charge in [0, 0.05) is 13.1 Å². The first-order valence-electron chi connectivity index (χ1n) is 7.30. The lowest BCUT2D eigenvalue weighted by molar-refractivity contribution is -0.153. The first-order chi connectivity index (χ1) is 10.0. The van der Waals surface area contributed by atoms with Gasteiger partial charge in [-0.2, -0.15) is 0 Å². The number of carbonyl (C=O) groups is 2. The summed E-state index contributed by atoms with van der Waals surface area (Å²) in [6.07, 6.45) is 0.981. The Morgan fingerprint density at radius 1 is 1.19 bits per heavy atom. The minimum atomic E-state index is -0.987. The zero-order valence-corrected chi connectivity index (χ0v) is 11.7. The first-order valence-corrected chi connectivity index (χ1v) is 7.30. The molecule has 2 atom stereocenters. The molecule has 21 heavy (non-hydrogen) atoms. The lowest BCUT2D eigenvalue weighted by Gasteiger charge is -2.36. The molecule has 2 N–H and O–H groups in total. The van der Waals surface area contributed by atoms with Gasteiger partial charge in [0.1, 0.15) is 0 Å². The van der Waals surface area contributed by atoms with Crippen LogP contribution in [0.2, 0.25) is 0 Å². The van der Waals surface area contributed by atoms with Crippen molar-refractivity contribution in [1.29, 1.82) is 0 Å². The van der Waals surface area contributed by atoms with Crippen LogP contribution in [0.3, 0.4) is 0 Å². The Kier molecular flexibility index (Phi) is 3.45. The Labute approximate surface area is 123 Å². The normalized spacial score (nSPS) is 27.2. The number of amides is 1. The number of carboxylic acids is 1. The molecule has 2 aliphatic rings. The Bertz CT molecular complexity index is 553. The Balaban J connectivity index is 1.74. The number of hydrogen-bond acceptors (Lipinski definition) is 3. The number of likely N-dealkylation sites (tertiary alicyclic amines) is 1. The van der Waals surface area contributed by atoms with Crippen molar-refractivity contribution in [3.8, 4) is 0 Å². The summed E-state index contributed by atoms with van der Waals surface area (Å²) in [5.41, 5.74) is 0.571. The third-order valence-corrected chi connectivity index (χ3v) is 4.67. The number of carbonyl (C=O) groups excluding carboxylic acids is 1. The number of aliphatic carboxylic acids is 1. The third-order valence-electron chi connectivity index (χ3n) is 4.67. The highest BCUT2D eigenvalue weighted by atomic mass is 16.4. The average molecular weight is 289 g/mol. The molecule has 112 valence electrons. The molecule has 0 unspecified atom stereocenters. The van der Waals surface area contributed by atoms with Gasteiger partial charge in [-0.1, -0.05) is 30.3 Å². The summed E-state index contributed by atoms with van der Waals surface area (Å²) in [5.74, 6) is -1.73. The molecular formula is C16H19NO4. The number of piperidine rings is 1. The van der Waals surface area contributed by atoms with E-state index in [9.17, 15) is 14.7 Å². The molecule has 1 saturated heterocycles. The van der Waals surface area contributed by atoms with E-state index in [4.69, 9.17) is 5.11 Å². The summed E-state index contributed by atoms with van der Waals surface area (Å²) in [6.45, 7) is 0.520. The van der Waals surface area contributed by atoms with Crippen LogP contribution < -0.4 is 0 Å². The topological polar surface area (TPSA) is 77.8 Å². The predicted molar refractivity (Wildman–Crippen MR) is 75.7 cm³/mol. The fourth-order valence-corrected chi connectivity index (χ4v) is 3.22. The van der Waals surface area contributed by atoms with Gasteiger partial charge in [0.05, 0.1) is 17.4 Å². The highest BCUT2D eigenvalue weighted by Gasteiger charge is 2.53. The Hall–Kier alpha value is -1.88. The van der Waals surface area contributed by atoms with Crippen LogP contribution in [-0.2, 0) is 15.0 Å². The number of benzene rings is 1. The number of nitrogens with zero attached hydrogens (tertiary/aromatic N) is 1. The highest BCUT2D eigenvalue weighted by molar-refractivity contribution is 5.91. The summed E-state index contributed by atoms with van der Waals surface area (Å²) in [5, 5.41) is 19.0. The Morgan fingerprint density at radius 2 is 1.86 bits per heavy atom. The number of β-amino-alcohol motifs (C(OH)–C–C–N with tert-alkyl or cyclic N) is 1. The maximum Gasteiger partial charge on any atom is 0.309 e. The molecule has 5 heteroatoms. The van der Waals surface area contributed by atoms with Gasteiger partial charge in [-0.25, -0.2) is 0 Å². The van der Waals surface area contributed by atoms with Crippen LogP contribution in [0.25, 0.3) is 0 Å². The van der Waals surface area contributed by atoms with Crippen molar-refractivity contribution in [3.05, 3.63) is 35.9 Å². The maximum atomic E-state index is 12.8. The molecule has 3 rings (SSSR count). The van der Waals surface area contributed by atoms with E-state index < -0.39 is 23.4 Å². The monoisotopic (exact) mass is 289 g/mol. The fourth-order valence-electron chi connectivity index (χ4n) is 3.22. The molecule has 5 nitrogen and oxygen atoms in total. The molecule has 1 saturated carbocycles. The van der Waals surface area contributed by atoms with Crippen LogP contribution in [0.15, 0.2) is 30.3 Å². The van der Waals surface area contributed by atoms with Gasteiger partial charge < -0.3 is 15.1 Å². The predicted octanol–water partition coefficient (Wildman–Crippen LogP) is 1.01. The quantitative estimate of drug-likeness (QED) is 0.870. The summed E-state index contributed by atoms with van der Waals surface area (Å²) in [4.78, 5) is 25.4. The lowest BCUT2D eigenvalue weighted by Crippen LogP contribution is -2.51. The second kappa shape index (κ2) is 5.15. The molecule has 1 amide bonds. The van der Waals surface area contributed by atoms with Gasteiger partial charge in [0.15, 0.2) is 0 Å². The van der Waals surface area contributed by atoms with Crippen molar-refractivity contribution >= 4 is 11.9 Å². The second-order valence-corrected chi connectivity index (χ2v) is 6.00. The lowest BCUT2D eigenvalue weighted by atomic mass is 9.90.